The second-order valence-corrected chi connectivity index (χ2v) is 7.52. The monoisotopic (exact) mass is 283 g/mol. The second kappa shape index (κ2) is 5.11. The highest BCUT2D eigenvalue weighted by atomic mass is 32.2. The van der Waals surface area contributed by atoms with E-state index in [0.29, 0.717) is 10.6 Å². The van der Waals surface area contributed by atoms with Gasteiger partial charge in [0.15, 0.2) is 0 Å². The lowest BCUT2D eigenvalue weighted by Gasteiger charge is -2.27. The minimum Gasteiger partial charge on any atom is -0.377 e. The van der Waals surface area contributed by atoms with Crippen LogP contribution in [0.2, 0.25) is 0 Å². The van der Waals surface area contributed by atoms with Crippen LogP contribution < -0.4 is 10.6 Å². The van der Waals surface area contributed by atoms with Crippen LogP contribution in [0.15, 0.2) is 29.2 Å². The summed E-state index contributed by atoms with van der Waals surface area (Å²) >= 11 is 0. The highest BCUT2D eigenvalue weighted by Gasteiger charge is 2.30. The Bertz CT molecular complexity index is 549. The minimum atomic E-state index is -3.43. The molecule has 0 aromatic heterocycles. The van der Waals surface area contributed by atoms with Crippen molar-refractivity contribution in [3.8, 4) is 0 Å². The number of benzene rings is 1. The quantitative estimate of drug-likeness (QED) is 0.869. The summed E-state index contributed by atoms with van der Waals surface area (Å²) in [7, 11) is -0.332. The van der Waals surface area contributed by atoms with E-state index in [1.807, 2.05) is 12.1 Å². The topological polar surface area (TPSA) is 61.4 Å². The first-order valence-electron chi connectivity index (χ1n) is 6.36. The third-order valence-corrected chi connectivity index (χ3v) is 5.32. The van der Waals surface area contributed by atoms with Crippen LogP contribution in [-0.2, 0) is 10.0 Å². The number of para-hydroxylation sites is 1. The highest BCUT2D eigenvalue weighted by molar-refractivity contribution is 7.89. The second-order valence-electron chi connectivity index (χ2n) is 5.40. The molecule has 1 aliphatic heterocycles. The summed E-state index contributed by atoms with van der Waals surface area (Å²) in [5, 5.41) is 6.67. The number of hydrogen-bond donors (Lipinski definition) is 2. The van der Waals surface area contributed by atoms with Crippen LogP contribution in [0.3, 0.4) is 0 Å². The predicted octanol–water partition coefficient (Wildman–Crippen LogP) is 1.10. The van der Waals surface area contributed by atoms with Crippen LogP contribution in [0, 0.1) is 0 Å². The van der Waals surface area contributed by atoms with Gasteiger partial charge in [-0.25, -0.2) is 12.7 Å². The molecule has 6 heteroatoms. The van der Waals surface area contributed by atoms with Crippen LogP contribution in [0.4, 0.5) is 5.69 Å². The molecule has 106 valence electrons. The molecule has 1 aromatic carbocycles. The zero-order chi connectivity index (χ0) is 14.1. The average Bonchev–Trinajstić information content (AvgIpc) is 2.76. The fourth-order valence-electron chi connectivity index (χ4n) is 2.24. The lowest BCUT2D eigenvalue weighted by Crippen LogP contribution is -2.37. The van der Waals surface area contributed by atoms with E-state index in [0.717, 1.165) is 19.5 Å². The molecule has 0 bridgehead atoms. The lowest BCUT2D eigenvalue weighted by atomic mass is 10.0. The molecule has 1 atom stereocenters. The van der Waals surface area contributed by atoms with Crippen molar-refractivity contribution < 1.29 is 8.42 Å². The Hall–Kier alpha value is -1.11. The summed E-state index contributed by atoms with van der Waals surface area (Å²) in [4.78, 5) is 0.327. The van der Waals surface area contributed by atoms with Crippen molar-refractivity contribution in [3.05, 3.63) is 24.3 Å². The summed E-state index contributed by atoms with van der Waals surface area (Å²) in [6, 6.07) is 7.06. The third kappa shape index (κ3) is 2.91. The molecule has 1 heterocycles. The van der Waals surface area contributed by atoms with Gasteiger partial charge in [0.05, 0.1) is 5.69 Å². The van der Waals surface area contributed by atoms with Gasteiger partial charge in [-0.05, 0) is 32.0 Å². The molecule has 1 fully saturated rings. The first-order valence-corrected chi connectivity index (χ1v) is 7.80. The van der Waals surface area contributed by atoms with E-state index in [9.17, 15) is 8.42 Å². The predicted molar refractivity (Wildman–Crippen MR) is 76.8 cm³/mol. The van der Waals surface area contributed by atoms with E-state index in [2.05, 4.69) is 17.6 Å². The molecular formula is C13H21N3O2S. The van der Waals surface area contributed by atoms with Crippen molar-refractivity contribution in [1.29, 1.82) is 0 Å². The largest absolute Gasteiger partial charge is 0.377 e. The maximum Gasteiger partial charge on any atom is 0.244 e. The van der Waals surface area contributed by atoms with E-state index in [4.69, 9.17) is 0 Å². The summed E-state index contributed by atoms with van der Waals surface area (Å²) < 4.78 is 25.8. The molecule has 1 unspecified atom stereocenters. The smallest absolute Gasteiger partial charge is 0.244 e. The summed E-state index contributed by atoms with van der Waals surface area (Å²) in [6.45, 7) is 3.89. The van der Waals surface area contributed by atoms with Crippen LogP contribution in [-0.4, -0.2) is 45.4 Å². The third-order valence-electron chi connectivity index (χ3n) is 3.45. The van der Waals surface area contributed by atoms with Crippen LogP contribution in [0.25, 0.3) is 0 Å². The Morgan fingerprint density at radius 2 is 2.00 bits per heavy atom. The molecule has 1 aromatic rings. The molecule has 1 aliphatic rings. The Morgan fingerprint density at radius 1 is 1.32 bits per heavy atom. The molecule has 2 N–H and O–H groups in total. The van der Waals surface area contributed by atoms with Gasteiger partial charge >= 0.3 is 0 Å². The number of anilines is 1. The fourth-order valence-corrected chi connectivity index (χ4v) is 3.28. The molecule has 5 nitrogen and oxygen atoms in total. The van der Waals surface area contributed by atoms with E-state index >= 15 is 0 Å². The number of sulfonamides is 1. The Labute approximate surface area is 115 Å². The molecule has 19 heavy (non-hydrogen) atoms. The van der Waals surface area contributed by atoms with Gasteiger partial charge in [0.1, 0.15) is 4.90 Å². The van der Waals surface area contributed by atoms with Gasteiger partial charge in [-0.2, -0.15) is 0 Å². The average molecular weight is 283 g/mol. The minimum absolute atomic E-state index is 0.0993. The zero-order valence-electron chi connectivity index (χ0n) is 11.6. The van der Waals surface area contributed by atoms with E-state index in [-0.39, 0.29) is 5.54 Å². The molecule has 0 saturated carbocycles. The van der Waals surface area contributed by atoms with Crippen LogP contribution >= 0.6 is 0 Å². The van der Waals surface area contributed by atoms with E-state index in [1.54, 1.807) is 26.2 Å². The first-order chi connectivity index (χ1) is 8.85. The standard InChI is InChI=1S/C13H21N3O2S/c1-13(8-9-14-10-13)15-11-6-4-5-7-12(11)19(17,18)16(2)3/h4-7,14-15H,8-10H2,1-3H3. The van der Waals surface area contributed by atoms with E-state index < -0.39 is 10.0 Å². The highest BCUT2D eigenvalue weighted by Crippen LogP contribution is 2.28. The van der Waals surface area contributed by atoms with Crippen molar-refractivity contribution in [1.82, 2.24) is 9.62 Å². The summed E-state index contributed by atoms with van der Waals surface area (Å²) in [5.41, 5.74) is 0.570. The summed E-state index contributed by atoms with van der Waals surface area (Å²) in [5.74, 6) is 0. The number of rotatable bonds is 4. The Balaban J connectivity index is 2.37. The van der Waals surface area contributed by atoms with Gasteiger partial charge in [-0.15, -0.1) is 0 Å². The van der Waals surface area contributed by atoms with Gasteiger partial charge in [0.25, 0.3) is 0 Å². The van der Waals surface area contributed by atoms with Crippen molar-refractivity contribution in [2.24, 2.45) is 0 Å². The zero-order valence-corrected chi connectivity index (χ0v) is 12.4. The number of hydrogen-bond acceptors (Lipinski definition) is 4. The van der Waals surface area contributed by atoms with Crippen molar-refractivity contribution in [2.45, 2.75) is 23.8 Å². The normalized spacial score (nSPS) is 23.8. The Kier molecular flexibility index (Phi) is 3.85. The van der Waals surface area contributed by atoms with Crippen LogP contribution in [0.1, 0.15) is 13.3 Å². The Morgan fingerprint density at radius 3 is 2.58 bits per heavy atom. The van der Waals surface area contributed by atoms with Crippen LogP contribution in [0.5, 0.6) is 0 Å². The molecule has 1 saturated heterocycles. The molecule has 0 radical (unpaired) electrons. The fraction of sp³-hybridized carbons (Fsp3) is 0.538. The number of nitrogens with zero attached hydrogens (tertiary/aromatic N) is 1. The lowest BCUT2D eigenvalue weighted by molar-refractivity contribution is 0.519. The molecule has 2 rings (SSSR count). The van der Waals surface area contributed by atoms with Gasteiger partial charge in [0.2, 0.25) is 10.0 Å². The van der Waals surface area contributed by atoms with Crippen molar-refractivity contribution in [3.63, 3.8) is 0 Å². The SMILES string of the molecule is CN(C)S(=O)(=O)c1ccccc1NC1(C)CCNC1. The summed E-state index contributed by atoms with van der Waals surface area (Å²) in [6.07, 6.45) is 0.976. The molecule has 0 spiro atoms. The molecular weight excluding hydrogens is 262 g/mol. The molecule has 0 aliphatic carbocycles. The van der Waals surface area contributed by atoms with Crippen molar-refractivity contribution in [2.75, 3.05) is 32.5 Å². The van der Waals surface area contributed by atoms with E-state index in [1.165, 1.54) is 4.31 Å². The van der Waals surface area contributed by atoms with Crippen molar-refractivity contribution >= 4 is 15.7 Å². The molecule has 0 amide bonds. The van der Waals surface area contributed by atoms with Gasteiger partial charge in [-0.3, -0.25) is 0 Å². The maximum absolute atomic E-state index is 12.3. The van der Waals surface area contributed by atoms with Gasteiger partial charge in [-0.1, -0.05) is 12.1 Å². The first kappa shape index (κ1) is 14.3. The van der Waals surface area contributed by atoms with Gasteiger partial charge < -0.3 is 10.6 Å². The maximum atomic E-state index is 12.3. The van der Waals surface area contributed by atoms with Gasteiger partial charge in [0, 0.05) is 26.2 Å². The number of nitrogens with one attached hydrogen (secondary N) is 2.